The molecule has 0 radical (unpaired) electrons. The van der Waals surface area contributed by atoms with E-state index in [1.54, 1.807) is 37.3 Å². The third-order valence-corrected chi connectivity index (χ3v) is 4.64. The number of hydrogen-bond donors (Lipinski definition) is 0. The van der Waals surface area contributed by atoms with Crippen molar-refractivity contribution in [1.29, 1.82) is 0 Å². The maximum Gasteiger partial charge on any atom is 0.321 e. The molecule has 1 unspecified atom stereocenters. The maximum absolute atomic E-state index is 13.0. The molecule has 0 fully saturated rings. The van der Waals surface area contributed by atoms with Gasteiger partial charge in [0.1, 0.15) is 5.92 Å². The van der Waals surface area contributed by atoms with Crippen LogP contribution in [0.5, 0.6) is 0 Å². The number of hydrogen-bond acceptors (Lipinski definition) is 4. The van der Waals surface area contributed by atoms with Gasteiger partial charge in [0.2, 0.25) is 0 Å². The Kier molecular flexibility index (Phi) is 5.65. The Bertz CT molecular complexity index is 906. The molecule has 2 aromatic rings. The third-order valence-electron chi connectivity index (χ3n) is 4.64. The number of rotatable bonds is 5. The monoisotopic (exact) mass is 362 g/mol. The molecule has 0 heterocycles. The molecule has 4 heteroatoms. The summed E-state index contributed by atoms with van der Waals surface area (Å²) in [4.78, 5) is 38.4. The van der Waals surface area contributed by atoms with Crippen molar-refractivity contribution < 1.29 is 19.1 Å². The van der Waals surface area contributed by atoms with E-state index in [0.29, 0.717) is 5.56 Å². The topological polar surface area (TPSA) is 60.4 Å². The molecule has 0 spiro atoms. The first kappa shape index (κ1) is 18.8. The molecule has 0 aromatic heterocycles. The Hall–Kier alpha value is -3.01. The molecule has 0 bridgehead atoms. The second-order valence-corrected chi connectivity index (χ2v) is 6.52. The molecule has 0 aliphatic heterocycles. The zero-order valence-corrected chi connectivity index (χ0v) is 15.5. The number of aryl methyl sites for hydroxylation is 1. The van der Waals surface area contributed by atoms with Crippen molar-refractivity contribution in [2.45, 2.75) is 26.7 Å². The van der Waals surface area contributed by atoms with Crippen molar-refractivity contribution >= 4 is 23.6 Å². The number of Topliss-reactive ketones (excluding diaryl/α,β-unsaturated/α-hetero) is 2. The van der Waals surface area contributed by atoms with Crippen molar-refractivity contribution in [3.05, 3.63) is 76.4 Å². The number of ether oxygens (including phenoxy) is 1. The van der Waals surface area contributed by atoms with Gasteiger partial charge in [0, 0.05) is 16.7 Å². The van der Waals surface area contributed by atoms with Crippen molar-refractivity contribution in [2.75, 3.05) is 6.61 Å². The van der Waals surface area contributed by atoms with Crippen LogP contribution in [-0.4, -0.2) is 24.1 Å². The summed E-state index contributed by atoms with van der Waals surface area (Å²) < 4.78 is 5.08. The first-order chi connectivity index (χ1) is 13.1. The van der Waals surface area contributed by atoms with Gasteiger partial charge < -0.3 is 4.74 Å². The molecule has 4 nitrogen and oxygen atoms in total. The lowest BCUT2D eigenvalue weighted by molar-refractivity contribution is -0.144. The van der Waals surface area contributed by atoms with Crippen LogP contribution in [0.25, 0.3) is 6.08 Å². The van der Waals surface area contributed by atoms with E-state index in [1.807, 2.05) is 24.3 Å². The second kappa shape index (κ2) is 8.12. The first-order valence-electron chi connectivity index (χ1n) is 9.22. The van der Waals surface area contributed by atoms with E-state index in [4.69, 9.17) is 4.74 Å². The molecule has 1 atom stereocenters. The lowest BCUT2D eigenvalue weighted by atomic mass is 9.77. The normalized spacial score (nSPS) is 17.7. The fourth-order valence-electron chi connectivity index (χ4n) is 3.34. The summed E-state index contributed by atoms with van der Waals surface area (Å²) in [5.74, 6) is -2.60. The van der Waals surface area contributed by atoms with E-state index in [2.05, 4.69) is 6.92 Å². The average molecular weight is 362 g/mol. The predicted molar refractivity (Wildman–Crippen MR) is 104 cm³/mol. The maximum atomic E-state index is 13.0. The highest BCUT2D eigenvalue weighted by molar-refractivity contribution is 6.29. The summed E-state index contributed by atoms with van der Waals surface area (Å²) in [5.41, 5.74) is 2.76. The number of carbonyl (C=O) groups is 3. The first-order valence-corrected chi connectivity index (χ1v) is 9.22. The minimum atomic E-state index is -1.22. The summed E-state index contributed by atoms with van der Waals surface area (Å²) in [5, 5.41) is 0. The highest BCUT2D eigenvalue weighted by Gasteiger charge is 2.42. The molecule has 1 aliphatic carbocycles. The molecule has 1 aliphatic rings. The van der Waals surface area contributed by atoms with Crippen molar-refractivity contribution in [3.8, 4) is 0 Å². The predicted octanol–water partition coefficient (Wildman–Crippen LogP) is 4.28. The van der Waals surface area contributed by atoms with Gasteiger partial charge in [0.25, 0.3) is 0 Å². The lowest BCUT2D eigenvalue weighted by Gasteiger charge is -2.24. The summed E-state index contributed by atoms with van der Waals surface area (Å²) in [7, 11) is 0. The van der Waals surface area contributed by atoms with Gasteiger partial charge in [-0.25, -0.2) is 0 Å². The number of fused-ring (bicyclic) bond motifs is 1. The quantitative estimate of drug-likeness (QED) is 0.452. The fourth-order valence-corrected chi connectivity index (χ4v) is 3.34. The Morgan fingerprint density at radius 1 is 1.00 bits per heavy atom. The van der Waals surface area contributed by atoms with Gasteiger partial charge in [-0.05, 0) is 30.5 Å². The van der Waals surface area contributed by atoms with Crippen LogP contribution in [-0.2, 0) is 16.0 Å². The molecular formula is C23H22O4. The van der Waals surface area contributed by atoms with Gasteiger partial charge >= 0.3 is 5.97 Å². The van der Waals surface area contributed by atoms with Crippen LogP contribution in [0.2, 0.25) is 0 Å². The number of benzene rings is 2. The zero-order valence-electron chi connectivity index (χ0n) is 15.5. The van der Waals surface area contributed by atoms with Crippen molar-refractivity contribution in [1.82, 2.24) is 0 Å². The van der Waals surface area contributed by atoms with Crippen molar-refractivity contribution in [2.24, 2.45) is 5.92 Å². The van der Waals surface area contributed by atoms with Gasteiger partial charge in [-0.3, -0.25) is 14.4 Å². The van der Waals surface area contributed by atoms with Gasteiger partial charge in [-0.2, -0.15) is 0 Å². The molecule has 0 saturated heterocycles. The molecule has 0 saturated carbocycles. The molecule has 138 valence electrons. The van der Waals surface area contributed by atoms with Crippen LogP contribution in [0.3, 0.4) is 0 Å². The highest BCUT2D eigenvalue weighted by Crippen LogP contribution is 2.32. The summed E-state index contributed by atoms with van der Waals surface area (Å²) >= 11 is 0. The van der Waals surface area contributed by atoms with Crippen molar-refractivity contribution in [3.63, 3.8) is 0 Å². The molecular weight excluding hydrogens is 340 g/mol. The van der Waals surface area contributed by atoms with Crippen LogP contribution in [0.4, 0.5) is 0 Å². The minimum absolute atomic E-state index is 0.150. The van der Waals surface area contributed by atoms with E-state index in [-0.39, 0.29) is 23.5 Å². The van der Waals surface area contributed by atoms with Crippen LogP contribution < -0.4 is 0 Å². The Balaban J connectivity index is 2.07. The fraction of sp³-hybridized carbons (Fsp3) is 0.261. The second-order valence-electron chi connectivity index (χ2n) is 6.52. The number of ketones is 2. The zero-order chi connectivity index (χ0) is 19.4. The molecule has 0 N–H and O–H groups in total. The minimum Gasteiger partial charge on any atom is -0.465 e. The van der Waals surface area contributed by atoms with Gasteiger partial charge in [0.05, 0.1) is 6.61 Å². The van der Waals surface area contributed by atoms with Crippen LogP contribution in [0.1, 0.15) is 52.1 Å². The van der Waals surface area contributed by atoms with E-state index in [1.165, 1.54) is 5.56 Å². The van der Waals surface area contributed by atoms with Crippen LogP contribution in [0, 0.1) is 5.92 Å². The average Bonchev–Trinajstić information content (AvgIpc) is 2.68. The smallest absolute Gasteiger partial charge is 0.321 e. The summed E-state index contributed by atoms with van der Waals surface area (Å²) in [6.07, 6.45) is 3.66. The number of carbonyl (C=O) groups excluding carboxylic acids is 3. The molecule has 27 heavy (non-hydrogen) atoms. The standard InChI is InChI=1S/C23H22O4/c1-3-7-15-10-12-16(13-11-15)14-19-20(23(26)27-4-2)22(25)18-9-6-5-8-17(18)21(19)24/h5-6,8-14,20H,3-4,7H2,1-2H3/b19-14-. The van der Waals surface area contributed by atoms with E-state index < -0.39 is 17.7 Å². The van der Waals surface area contributed by atoms with Crippen LogP contribution >= 0.6 is 0 Å². The lowest BCUT2D eigenvalue weighted by Crippen LogP contribution is -2.36. The Labute approximate surface area is 158 Å². The summed E-state index contributed by atoms with van der Waals surface area (Å²) in [6.45, 7) is 3.94. The molecule has 3 rings (SSSR count). The van der Waals surface area contributed by atoms with E-state index >= 15 is 0 Å². The molecule has 0 amide bonds. The van der Waals surface area contributed by atoms with E-state index in [9.17, 15) is 14.4 Å². The Morgan fingerprint density at radius 3 is 2.30 bits per heavy atom. The Morgan fingerprint density at radius 2 is 1.67 bits per heavy atom. The van der Waals surface area contributed by atoms with Gasteiger partial charge in [-0.1, -0.05) is 61.9 Å². The number of esters is 1. The molecule has 2 aromatic carbocycles. The van der Waals surface area contributed by atoms with E-state index in [0.717, 1.165) is 18.4 Å². The third kappa shape index (κ3) is 3.75. The van der Waals surface area contributed by atoms with Crippen LogP contribution in [0.15, 0.2) is 54.1 Å². The van der Waals surface area contributed by atoms with Gasteiger partial charge in [-0.15, -0.1) is 0 Å². The highest BCUT2D eigenvalue weighted by atomic mass is 16.5. The summed E-state index contributed by atoms with van der Waals surface area (Å²) in [6, 6.07) is 14.4. The SMILES string of the molecule is CCCc1ccc(/C=C2\C(=O)c3ccccc3C(=O)C2C(=O)OCC)cc1. The largest absolute Gasteiger partial charge is 0.465 e. The van der Waals surface area contributed by atoms with Gasteiger partial charge in [0.15, 0.2) is 11.6 Å².